The second kappa shape index (κ2) is 7.41. The van der Waals surface area contributed by atoms with E-state index in [-0.39, 0.29) is 18.4 Å². The number of rotatable bonds is 6. The van der Waals surface area contributed by atoms with Crippen LogP contribution in [0.5, 0.6) is 0 Å². The van der Waals surface area contributed by atoms with E-state index in [1.165, 1.54) is 6.92 Å². The molecule has 0 aromatic heterocycles. The van der Waals surface area contributed by atoms with E-state index >= 15 is 0 Å². The van der Waals surface area contributed by atoms with Crippen LogP contribution in [-0.4, -0.2) is 32.1 Å². The number of carbonyl (C=O) groups excluding carboxylic acids is 2. The van der Waals surface area contributed by atoms with Gasteiger partial charge in [0, 0.05) is 25.3 Å². The first-order valence-electron chi connectivity index (χ1n) is 5.42. The van der Waals surface area contributed by atoms with E-state index in [1.54, 1.807) is 31.4 Å². The number of ether oxygens (including phenoxy) is 1. The molecular weight excluding hydrogens is 236 g/mol. The Morgan fingerprint density at radius 1 is 1.17 bits per heavy atom. The van der Waals surface area contributed by atoms with Crippen molar-refractivity contribution in [2.75, 3.05) is 25.6 Å². The molecule has 0 aliphatic carbocycles. The summed E-state index contributed by atoms with van der Waals surface area (Å²) < 4.78 is 4.77. The van der Waals surface area contributed by atoms with Crippen LogP contribution in [-0.2, 0) is 14.4 Å². The van der Waals surface area contributed by atoms with Crippen molar-refractivity contribution in [2.24, 2.45) is 0 Å². The molecule has 2 N–H and O–H groups in total. The lowest BCUT2D eigenvalue weighted by Gasteiger charge is -2.06. The lowest BCUT2D eigenvalue weighted by Crippen LogP contribution is -2.25. The molecule has 0 aliphatic rings. The van der Waals surface area contributed by atoms with Gasteiger partial charge in [0.2, 0.25) is 5.91 Å². The highest BCUT2D eigenvalue weighted by Gasteiger charge is 2.05. The second-order valence-corrected chi connectivity index (χ2v) is 3.53. The Labute approximate surface area is 105 Å². The van der Waals surface area contributed by atoms with E-state index in [9.17, 15) is 9.59 Å². The monoisotopic (exact) mass is 252 g/mol. The minimum atomic E-state index is -0.347. The number of nitrogens with one attached hydrogen (secondary N) is 2. The quantitative estimate of drug-likeness (QED) is 0.584. The zero-order valence-electron chi connectivity index (χ0n) is 10.4. The maximum Gasteiger partial charge on any atom is 0.274 e. The number of hydrogen-bond donors (Lipinski definition) is 2. The Balaban J connectivity index is 2.46. The first kappa shape index (κ1) is 14.1. The first-order chi connectivity index (χ1) is 8.63. The number of carbonyl (C=O) groups is 2. The molecule has 0 saturated heterocycles. The molecule has 0 heterocycles. The first-order valence-corrected chi connectivity index (χ1v) is 5.42. The van der Waals surface area contributed by atoms with Gasteiger partial charge in [-0.25, -0.2) is 5.48 Å². The summed E-state index contributed by atoms with van der Waals surface area (Å²) in [6.07, 6.45) is 0. The minimum Gasteiger partial charge on any atom is -0.382 e. The molecule has 0 atom stereocenters. The third-order valence-corrected chi connectivity index (χ3v) is 2.02. The highest BCUT2D eigenvalue weighted by molar-refractivity contribution is 5.94. The van der Waals surface area contributed by atoms with E-state index < -0.39 is 0 Å². The molecule has 1 aromatic carbocycles. The summed E-state index contributed by atoms with van der Waals surface area (Å²) in [5.41, 5.74) is 3.37. The van der Waals surface area contributed by atoms with Gasteiger partial charge in [-0.05, 0) is 24.3 Å². The Morgan fingerprint density at radius 3 is 2.39 bits per heavy atom. The van der Waals surface area contributed by atoms with E-state index in [1.807, 2.05) is 0 Å². The maximum absolute atomic E-state index is 11.6. The summed E-state index contributed by atoms with van der Waals surface area (Å²) >= 11 is 0. The fourth-order valence-corrected chi connectivity index (χ4v) is 1.21. The predicted molar refractivity (Wildman–Crippen MR) is 66.0 cm³/mol. The number of benzene rings is 1. The molecule has 0 aliphatic heterocycles. The maximum atomic E-state index is 11.6. The predicted octanol–water partition coefficient (Wildman–Crippen LogP) is 0.953. The van der Waals surface area contributed by atoms with Crippen LogP contribution < -0.4 is 10.8 Å². The summed E-state index contributed by atoms with van der Waals surface area (Å²) in [4.78, 5) is 27.3. The van der Waals surface area contributed by atoms with Gasteiger partial charge in [-0.2, -0.15) is 0 Å². The molecule has 1 aromatic rings. The Kier molecular flexibility index (Phi) is 5.83. The van der Waals surface area contributed by atoms with Crippen molar-refractivity contribution < 1.29 is 19.2 Å². The van der Waals surface area contributed by atoms with Crippen molar-refractivity contribution in [3.63, 3.8) is 0 Å². The number of amides is 2. The SMILES string of the molecule is COCCONC(=O)c1ccc(NC(C)=O)cc1. The van der Waals surface area contributed by atoms with Gasteiger partial charge >= 0.3 is 0 Å². The second-order valence-electron chi connectivity index (χ2n) is 3.53. The smallest absolute Gasteiger partial charge is 0.274 e. The number of anilines is 1. The van der Waals surface area contributed by atoms with Crippen molar-refractivity contribution in [3.05, 3.63) is 29.8 Å². The van der Waals surface area contributed by atoms with Gasteiger partial charge in [-0.3, -0.25) is 14.4 Å². The Morgan fingerprint density at radius 2 is 1.83 bits per heavy atom. The van der Waals surface area contributed by atoms with E-state index in [2.05, 4.69) is 10.8 Å². The average Bonchev–Trinajstić information content (AvgIpc) is 2.34. The van der Waals surface area contributed by atoms with Crippen LogP contribution in [0.3, 0.4) is 0 Å². The zero-order chi connectivity index (χ0) is 13.4. The van der Waals surface area contributed by atoms with Crippen molar-refractivity contribution >= 4 is 17.5 Å². The molecule has 6 nitrogen and oxygen atoms in total. The van der Waals surface area contributed by atoms with Crippen molar-refractivity contribution in [3.8, 4) is 0 Å². The van der Waals surface area contributed by atoms with Crippen LogP contribution in [0, 0.1) is 0 Å². The molecule has 98 valence electrons. The van der Waals surface area contributed by atoms with Crippen molar-refractivity contribution in [2.45, 2.75) is 6.92 Å². The average molecular weight is 252 g/mol. The summed E-state index contributed by atoms with van der Waals surface area (Å²) in [6, 6.07) is 6.48. The molecular formula is C12H16N2O4. The molecule has 0 unspecified atom stereocenters. The lowest BCUT2D eigenvalue weighted by atomic mass is 10.2. The van der Waals surface area contributed by atoms with E-state index in [0.717, 1.165) is 0 Å². The Hall–Kier alpha value is -1.92. The fraction of sp³-hybridized carbons (Fsp3) is 0.333. The van der Waals surface area contributed by atoms with E-state index in [0.29, 0.717) is 17.9 Å². The standard InChI is InChI=1S/C12H16N2O4/c1-9(15)13-11-5-3-10(4-6-11)12(16)14-18-8-7-17-2/h3-6H,7-8H2,1-2H3,(H,13,15)(H,14,16). The van der Waals surface area contributed by atoms with Gasteiger partial charge < -0.3 is 10.1 Å². The molecule has 0 radical (unpaired) electrons. The van der Waals surface area contributed by atoms with E-state index in [4.69, 9.17) is 9.57 Å². The lowest BCUT2D eigenvalue weighted by molar-refractivity contribution is -0.114. The highest BCUT2D eigenvalue weighted by atomic mass is 16.7. The van der Waals surface area contributed by atoms with Gasteiger partial charge in [0.25, 0.3) is 5.91 Å². The van der Waals surface area contributed by atoms with Crippen molar-refractivity contribution in [1.29, 1.82) is 0 Å². The largest absolute Gasteiger partial charge is 0.382 e. The summed E-state index contributed by atoms with van der Waals surface area (Å²) in [7, 11) is 1.55. The normalized spacial score (nSPS) is 9.89. The molecule has 18 heavy (non-hydrogen) atoms. The highest BCUT2D eigenvalue weighted by Crippen LogP contribution is 2.09. The van der Waals surface area contributed by atoms with Crippen LogP contribution in [0.15, 0.2) is 24.3 Å². The van der Waals surface area contributed by atoms with Gasteiger partial charge in [-0.15, -0.1) is 0 Å². The topological polar surface area (TPSA) is 76.7 Å². The summed E-state index contributed by atoms with van der Waals surface area (Å²) in [5.74, 6) is -0.504. The van der Waals surface area contributed by atoms with Crippen LogP contribution in [0.4, 0.5) is 5.69 Å². The minimum absolute atomic E-state index is 0.157. The summed E-state index contributed by atoms with van der Waals surface area (Å²) in [6.45, 7) is 2.11. The molecule has 0 spiro atoms. The molecule has 0 fully saturated rings. The fourth-order valence-electron chi connectivity index (χ4n) is 1.21. The van der Waals surface area contributed by atoms with Crippen LogP contribution in [0.1, 0.15) is 17.3 Å². The van der Waals surface area contributed by atoms with Crippen LogP contribution in [0.2, 0.25) is 0 Å². The van der Waals surface area contributed by atoms with Crippen LogP contribution in [0.25, 0.3) is 0 Å². The number of hydrogen-bond acceptors (Lipinski definition) is 4. The van der Waals surface area contributed by atoms with Gasteiger partial charge in [0.15, 0.2) is 0 Å². The third kappa shape index (κ3) is 4.94. The molecule has 0 saturated carbocycles. The molecule has 1 rings (SSSR count). The Bertz CT molecular complexity index is 403. The molecule has 2 amide bonds. The number of hydroxylamine groups is 1. The van der Waals surface area contributed by atoms with Gasteiger partial charge in [0.05, 0.1) is 13.2 Å². The van der Waals surface area contributed by atoms with Crippen LogP contribution >= 0.6 is 0 Å². The zero-order valence-corrected chi connectivity index (χ0v) is 10.4. The van der Waals surface area contributed by atoms with Gasteiger partial charge in [-0.1, -0.05) is 0 Å². The van der Waals surface area contributed by atoms with Crippen molar-refractivity contribution in [1.82, 2.24) is 5.48 Å². The summed E-state index contributed by atoms with van der Waals surface area (Å²) in [5, 5.41) is 2.61. The number of methoxy groups -OCH3 is 1. The molecule has 0 bridgehead atoms. The molecule has 6 heteroatoms. The van der Waals surface area contributed by atoms with Gasteiger partial charge in [0.1, 0.15) is 0 Å². The third-order valence-electron chi connectivity index (χ3n) is 2.02.